The molecule has 4 atom stereocenters. The first-order chi connectivity index (χ1) is 8.75. The van der Waals surface area contributed by atoms with Crippen molar-refractivity contribution in [1.29, 1.82) is 0 Å². The maximum Gasteiger partial charge on any atom is 0.00395 e. The van der Waals surface area contributed by atoms with Gasteiger partial charge in [-0.15, -0.1) is 15.8 Å². The minimum Gasteiger partial charge on any atom is -0.102 e. The van der Waals surface area contributed by atoms with Crippen molar-refractivity contribution in [3.63, 3.8) is 0 Å². The molecule has 0 N–H and O–H groups in total. The van der Waals surface area contributed by atoms with Crippen LogP contribution in [0.4, 0.5) is 0 Å². The lowest BCUT2D eigenvalue weighted by Gasteiger charge is -2.21. The van der Waals surface area contributed by atoms with Gasteiger partial charge in [-0.1, -0.05) is 24.3 Å². The Bertz CT molecular complexity index is 380. The van der Waals surface area contributed by atoms with E-state index in [0.29, 0.717) is 0 Å². The van der Waals surface area contributed by atoms with Gasteiger partial charge in [0.1, 0.15) is 0 Å². The van der Waals surface area contributed by atoms with E-state index in [0.717, 1.165) is 11.3 Å². The molecule has 1 aromatic rings. The lowest BCUT2D eigenvalue weighted by molar-refractivity contribution is 0.809. The molecule has 0 amide bonds. The van der Waals surface area contributed by atoms with Gasteiger partial charge in [0.2, 0.25) is 0 Å². The van der Waals surface area contributed by atoms with Gasteiger partial charge in [0, 0.05) is 11.3 Å². The second-order valence-corrected chi connectivity index (χ2v) is 11.1. The summed E-state index contributed by atoms with van der Waals surface area (Å²) in [6.07, 6.45) is 8.79. The normalized spacial score (nSPS) is 36.1. The Balaban J connectivity index is 1.84. The summed E-state index contributed by atoms with van der Waals surface area (Å²) in [6.45, 7) is 5.00. The summed E-state index contributed by atoms with van der Waals surface area (Å²) < 4.78 is 0. The van der Waals surface area contributed by atoms with E-state index in [4.69, 9.17) is 0 Å². The molecule has 0 aliphatic carbocycles. The van der Waals surface area contributed by atoms with E-state index in [2.05, 4.69) is 37.6 Å². The highest BCUT2D eigenvalue weighted by molar-refractivity contribution is 7.57. The first kappa shape index (κ1) is 13.1. The van der Waals surface area contributed by atoms with E-state index in [1.54, 1.807) is 11.1 Å². The Hall–Kier alpha value is 0.0800. The van der Waals surface area contributed by atoms with Gasteiger partial charge in [-0.25, -0.2) is 0 Å². The number of hydrogen-bond acceptors (Lipinski definition) is 0. The topological polar surface area (TPSA) is 0 Å². The number of benzene rings is 1. The van der Waals surface area contributed by atoms with E-state index >= 15 is 0 Å². The monoisotopic (exact) mass is 278 g/mol. The van der Waals surface area contributed by atoms with Crippen molar-refractivity contribution >= 4 is 15.8 Å². The average Bonchev–Trinajstić information content (AvgIpc) is 2.98. The summed E-state index contributed by atoms with van der Waals surface area (Å²) in [5.74, 6) is 0. The average molecular weight is 278 g/mol. The van der Waals surface area contributed by atoms with Crippen molar-refractivity contribution in [3.05, 3.63) is 35.4 Å². The van der Waals surface area contributed by atoms with Gasteiger partial charge in [0.25, 0.3) is 0 Å². The molecule has 18 heavy (non-hydrogen) atoms. The van der Waals surface area contributed by atoms with Crippen molar-refractivity contribution < 1.29 is 0 Å². The summed E-state index contributed by atoms with van der Waals surface area (Å²) in [7, 11) is 0.530. The van der Waals surface area contributed by atoms with Gasteiger partial charge < -0.3 is 0 Å². The van der Waals surface area contributed by atoms with Crippen LogP contribution >= 0.6 is 15.8 Å². The van der Waals surface area contributed by atoms with Crippen LogP contribution in [-0.4, -0.2) is 25.7 Å². The molecule has 0 spiro atoms. The highest BCUT2D eigenvalue weighted by Gasteiger charge is 2.27. The molecule has 0 nitrogen and oxygen atoms in total. The lowest BCUT2D eigenvalue weighted by atomic mass is 10.0. The molecule has 2 fully saturated rings. The van der Waals surface area contributed by atoms with Crippen LogP contribution in [0.3, 0.4) is 0 Å². The zero-order valence-electron chi connectivity index (χ0n) is 11.6. The third-order valence-corrected chi connectivity index (χ3v) is 10.0. The van der Waals surface area contributed by atoms with Crippen molar-refractivity contribution in [2.45, 2.75) is 37.0 Å². The highest BCUT2D eigenvalue weighted by atomic mass is 31.1. The van der Waals surface area contributed by atoms with Crippen LogP contribution in [0.2, 0.25) is 0 Å². The van der Waals surface area contributed by atoms with E-state index < -0.39 is 0 Å². The first-order valence-electron chi connectivity index (χ1n) is 7.26. The fourth-order valence-corrected chi connectivity index (χ4v) is 8.21. The van der Waals surface area contributed by atoms with Crippen LogP contribution in [0.25, 0.3) is 0 Å². The molecule has 98 valence electrons. The van der Waals surface area contributed by atoms with Crippen LogP contribution in [0.1, 0.15) is 48.1 Å². The molecule has 2 aliphatic heterocycles. The Labute approximate surface area is 114 Å². The Morgan fingerprint density at radius 1 is 0.889 bits per heavy atom. The van der Waals surface area contributed by atoms with E-state index in [-0.39, 0.29) is 15.8 Å². The summed E-state index contributed by atoms with van der Waals surface area (Å²) in [5, 5.41) is 0. The lowest BCUT2D eigenvalue weighted by Crippen LogP contribution is -1.96. The summed E-state index contributed by atoms with van der Waals surface area (Å²) in [4.78, 5) is 0. The van der Waals surface area contributed by atoms with Gasteiger partial charge in [-0.3, -0.25) is 0 Å². The van der Waals surface area contributed by atoms with Crippen molar-refractivity contribution in [3.8, 4) is 0 Å². The van der Waals surface area contributed by atoms with Gasteiger partial charge in [-0.2, -0.15) is 0 Å². The zero-order chi connectivity index (χ0) is 12.5. The summed E-state index contributed by atoms with van der Waals surface area (Å²) in [6, 6.07) is 9.69. The first-order valence-corrected chi connectivity index (χ1v) is 11.3. The van der Waals surface area contributed by atoms with Gasteiger partial charge in [0.15, 0.2) is 0 Å². The molecular weight excluding hydrogens is 254 g/mol. The van der Waals surface area contributed by atoms with Crippen LogP contribution in [0.15, 0.2) is 24.3 Å². The minimum atomic E-state index is 0.265. The van der Waals surface area contributed by atoms with Crippen molar-refractivity contribution in [2.24, 2.45) is 0 Å². The van der Waals surface area contributed by atoms with Crippen molar-refractivity contribution in [2.75, 3.05) is 25.7 Å². The van der Waals surface area contributed by atoms with E-state index in [1.807, 2.05) is 0 Å². The largest absolute Gasteiger partial charge is 0.102 e. The second-order valence-electron chi connectivity index (χ2n) is 5.95. The van der Waals surface area contributed by atoms with Gasteiger partial charge >= 0.3 is 0 Å². The number of rotatable bonds is 2. The molecule has 0 radical (unpaired) electrons. The molecule has 0 bridgehead atoms. The molecule has 0 aromatic heterocycles. The van der Waals surface area contributed by atoms with E-state index in [1.165, 1.54) is 38.0 Å². The third kappa shape index (κ3) is 2.52. The third-order valence-electron chi connectivity index (χ3n) is 4.72. The predicted molar refractivity (Wildman–Crippen MR) is 85.8 cm³/mol. The smallest absolute Gasteiger partial charge is 0.00395 e. The number of hydrogen-bond donors (Lipinski definition) is 0. The summed E-state index contributed by atoms with van der Waals surface area (Å²) >= 11 is 0. The van der Waals surface area contributed by atoms with Gasteiger partial charge in [0.05, 0.1) is 0 Å². The van der Waals surface area contributed by atoms with E-state index in [9.17, 15) is 0 Å². The molecule has 2 aliphatic rings. The van der Waals surface area contributed by atoms with Crippen LogP contribution in [0, 0.1) is 0 Å². The summed E-state index contributed by atoms with van der Waals surface area (Å²) in [5.41, 5.74) is 5.14. The molecule has 1 aromatic carbocycles. The Morgan fingerprint density at radius 2 is 1.39 bits per heavy atom. The molecule has 2 unspecified atom stereocenters. The molecular formula is C16H24P2. The zero-order valence-corrected chi connectivity index (χ0v) is 13.4. The Kier molecular flexibility index (Phi) is 4.07. The molecule has 2 heteroatoms. The standard InChI is InChI=1S/C16H24P2/c1-17-10-4-8-15(17)13-6-3-7-14(12-13)16-9-5-11-18(16)2/h3,6-7,12,15-16H,4-5,8-11H2,1-2H3/t15-,16-,17?,18?/m1/s1. The van der Waals surface area contributed by atoms with Gasteiger partial charge in [-0.05, 0) is 62.5 Å². The van der Waals surface area contributed by atoms with Crippen LogP contribution in [-0.2, 0) is 0 Å². The predicted octanol–water partition coefficient (Wildman–Crippen LogP) is 5.58. The molecule has 3 rings (SSSR count). The highest BCUT2D eigenvalue weighted by Crippen LogP contribution is 2.59. The van der Waals surface area contributed by atoms with Crippen LogP contribution < -0.4 is 0 Å². The molecule has 2 heterocycles. The molecule has 2 saturated heterocycles. The minimum absolute atomic E-state index is 0.265. The second kappa shape index (κ2) is 5.60. The van der Waals surface area contributed by atoms with Crippen LogP contribution in [0.5, 0.6) is 0 Å². The fourth-order valence-electron chi connectivity index (χ4n) is 3.64. The fraction of sp³-hybridized carbons (Fsp3) is 0.625. The molecule has 0 saturated carbocycles. The quantitative estimate of drug-likeness (QED) is 0.619. The maximum absolute atomic E-state index is 2.57. The van der Waals surface area contributed by atoms with Crippen molar-refractivity contribution in [1.82, 2.24) is 0 Å². The maximum atomic E-state index is 2.57. The Morgan fingerprint density at radius 3 is 1.78 bits per heavy atom. The SMILES string of the molecule is CP1CCC[C@@H]1c1cccc([C@H]2CCCP2C)c1.